The van der Waals surface area contributed by atoms with Crippen LogP contribution in [0.4, 0.5) is 13.2 Å². The molecule has 0 aliphatic rings. The molecule has 0 aliphatic heterocycles. The quantitative estimate of drug-likeness (QED) is 0.523. The van der Waals surface area contributed by atoms with Gasteiger partial charge in [-0.2, -0.15) is 13.2 Å². The summed E-state index contributed by atoms with van der Waals surface area (Å²) in [6.07, 6.45) is -6.33. The van der Waals surface area contributed by atoms with Crippen LogP contribution in [0.2, 0.25) is 0 Å². The van der Waals surface area contributed by atoms with Crippen LogP contribution in [0.5, 0.6) is 0 Å². The summed E-state index contributed by atoms with van der Waals surface area (Å²) in [6.45, 7) is 0. The molecule has 8 heteroatoms. The highest BCUT2D eigenvalue weighted by molar-refractivity contribution is 5.90. The Bertz CT molecular complexity index is 1020. The molecule has 3 aromatic carbocycles. The van der Waals surface area contributed by atoms with Crippen LogP contribution in [0, 0.1) is 0 Å². The lowest BCUT2D eigenvalue weighted by Crippen LogP contribution is -2.49. The van der Waals surface area contributed by atoms with Gasteiger partial charge in [0.25, 0.3) is 5.91 Å². The molecule has 3 aromatic rings. The van der Waals surface area contributed by atoms with Crippen LogP contribution in [0.25, 0.3) is 0 Å². The molecular weight excluding hydrogens is 421 g/mol. The van der Waals surface area contributed by atoms with E-state index < -0.39 is 41.6 Å². The van der Waals surface area contributed by atoms with Crippen LogP contribution < -0.4 is 11.1 Å². The van der Waals surface area contributed by atoms with E-state index in [0.717, 1.165) is 24.3 Å². The van der Waals surface area contributed by atoms with E-state index in [0.29, 0.717) is 11.1 Å². The van der Waals surface area contributed by atoms with Gasteiger partial charge in [-0.05, 0) is 28.8 Å². The molecule has 32 heavy (non-hydrogen) atoms. The Hall–Kier alpha value is -3.65. The van der Waals surface area contributed by atoms with Crippen molar-refractivity contribution in [2.45, 2.75) is 24.2 Å². The van der Waals surface area contributed by atoms with Crippen molar-refractivity contribution in [1.82, 2.24) is 5.32 Å². The van der Waals surface area contributed by atoms with Gasteiger partial charge in [0, 0.05) is 5.92 Å². The van der Waals surface area contributed by atoms with Crippen molar-refractivity contribution in [3.8, 4) is 0 Å². The van der Waals surface area contributed by atoms with Crippen LogP contribution in [-0.2, 0) is 15.8 Å². The minimum Gasteiger partial charge on any atom is -0.378 e. The van der Waals surface area contributed by atoms with Crippen LogP contribution in [0.1, 0.15) is 34.3 Å². The van der Waals surface area contributed by atoms with Gasteiger partial charge < -0.3 is 16.2 Å². The summed E-state index contributed by atoms with van der Waals surface area (Å²) in [6, 6.07) is 20.2. The van der Waals surface area contributed by atoms with E-state index in [4.69, 9.17) is 5.73 Å². The third-order valence-corrected chi connectivity index (χ3v) is 5.06. The second-order valence-electron chi connectivity index (χ2n) is 7.21. The maximum absolute atomic E-state index is 12.8. The van der Waals surface area contributed by atoms with E-state index >= 15 is 0 Å². The summed E-state index contributed by atoms with van der Waals surface area (Å²) >= 11 is 0. The maximum Gasteiger partial charge on any atom is 0.416 e. The van der Waals surface area contributed by atoms with Crippen molar-refractivity contribution in [2.75, 3.05) is 0 Å². The van der Waals surface area contributed by atoms with Gasteiger partial charge in [0.2, 0.25) is 5.91 Å². The predicted octanol–water partition coefficient (Wildman–Crippen LogP) is 3.54. The Morgan fingerprint density at radius 3 is 1.66 bits per heavy atom. The average molecular weight is 442 g/mol. The van der Waals surface area contributed by atoms with E-state index in [1.54, 1.807) is 60.7 Å². The van der Waals surface area contributed by atoms with Crippen molar-refractivity contribution in [3.05, 3.63) is 107 Å². The van der Waals surface area contributed by atoms with Gasteiger partial charge in [-0.15, -0.1) is 0 Å². The van der Waals surface area contributed by atoms with Crippen LogP contribution in [0.15, 0.2) is 84.9 Å². The number of carbonyl (C=O) groups is 2. The molecule has 3 rings (SSSR count). The highest BCUT2D eigenvalue weighted by atomic mass is 19.4. The van der Waals surface area contributed by atoms with Crippen molar-refractivity contribution >= 4 is 11.8 Å². The number of primary amides is 1. The smallest absolute Gasteiger partial charge is 0.378 e. The Morgan fingerprint density at radius 2 is 1.25 bits per heavy atom. The van der Waals surface area contributed by atoms with Crippen molar-refractivity contribution in [3.63, 3.8) is 0 Å². The molecule has 0 saturated carbocycles. The second kappa shape index (κ2) is 9.65. The molecule has 2 amide bonds. The zero-order valence-electron chi connectivity index (χ0n) is 16.8. The van der Waals surface area contributed by atoms with Gasteiger partial charge in [0.1, 0.15) is 6.04 Å². The van der Waals surface area contributed by atoms with Gasteiger partial charge in [0.15, 0.2) is 6.10 Å². The van der Waals surface area contributed by atoms with E-state index in [-0.39, 0.29) is 5.56 Å². The third kappa shape index (κ3) is 5.33. The number of nitrogens with two attached hydrogens (primary N) is 1. The molecule has 4 N–H and O–H groups in total. The van der Waals surface area contributed by atoms with Crippen molar-refractivity contribution in [2.24, 2.45) is 5.73 Å². The average Bonchev–Trinajstić information content (AvgIpc) is 2.79. The zero-order valence-corrected chi connectivity index (χ0v) is 16.8. The summed E-state index contributed by atoms with van der Waals surface area (Å²) in [5.74, 6) is -2.42. The normalized spacial score (nSPS) is 13.4. The number of carbonyl (C=O) groups excluding carboxylic acids is 2. The fourth-order valence-corrected chi connectivity index (χ4v) is 3.45. The molecular formula is C24H21F3N2O3. The molecule has 0 aliphatic carbocycles. The summed E-state index contributed by atoms with van der Waals surface area (Å²) in [5, 5.41) is 12.9. The van der Waals surface area contributed by atoms with E-state index in [1.165, 1.54) is 0 Å². The van der Waals surface area contributed by atoms with Gasteiger partial charge in [-0.1, -0.05) is 72.8 Å². The van der Waals surface area contributed by atoms with E-state index in [9.17, 15) is 27.9 Å². The summed E-state index contributed by atoms with van der Waals surface area (Å²) in [4.78, 5) is 25.1. The number of benzene rings is 3. The Balaban J connectivity index is 1.88. The summed E-state index contributed by atoms with van der Waals surface area (Å²) in [7, 11) is 0. The van der Waals surface area contributed by atoms with Crippen molar-refractivity contribution in [1.29, 1.82) is 0 Å². The summed E-state index contributed by atoms with van der Waals surface area (Å²) < 4.78 is 38.3. The SMILES string of the molecule is NC(=O)[C@H](NC(=O)[C@@H](O)c1ccc(C(F)(F)F)cc1)C(c1ccccc1)c1ccccc1. The number of amides is 2. The lowest BCUT2D eigenvalue weighted by atomic mass is 9.84. The molecule has 0 aromatic heterocycles. The van der Waals surface area contributed by atoms with Crippen LogP contribution >= 0.6 is 0 Å². The second-order valence-corrected chi connectivity index (χ2v) is 7.21. The first-order valence-corrected chi connectivity index (χ1v) is 9.73. The molecule has 166 valence electrons. The molecule has 0 fully saturated rings. The Labute approximate surface area is 182 Å². The van der Waals surface area contributed by atoms with Crippen molar-refractivity contribution < 1.29 is 27.9 Å². The minimum atomic E-state index is -4.54. The Kier molecular flexibility index (Phi) is 6.95. The highest BCUT2D eigenvalue weighted by Gasteiger charge is 2.34. The fraction of sp³-hybridized carbons (Fsp3) is 0.167. The third-order valence-electron chi connectivity index (χ3n) is 5.06. The minimum absolute atomic E-state index is 0.0466. The maximum atomic E-state index is 12.8. The number of hydrogen-bond acceptors (Lipinski definition) is 3. The topological polar surface area (TPSA) is 92.4 Å². The van der Waals surface area contributed by atoms with Gasteiger partial charge >= 0.3 is 6.18 Å². The molecule has 0 unspecified atom stereocenters. The number of aliphatic hydroxyl groups excluding tert-OH is 1. The molecule has 0 bridgehead atoms. The fourth-order valence-electron chi connectivity index (χ4n) is 3.45. The molecule has 0 radical (unpaired) electrons. The number of hydrogen-bond donors (Lipinski definition) is 3. The molecule has 0 saturated heterocycles. The van der Waals surface area contributed by atoms with E-state index in [2.05, 4.69) is 5.32 Å². The number of rotatable bonds is 7. The van der Waals surface area contributed by atoms with Crippen LogP contribution in [0.3, 0.4) is 0 Å². The number of aliphatic hydroxyl groups is 1. The standard InChI is InChI=1S/C24H21F3N2O3/c25-24(26,27)18-13-11-17(12-14-18)21(30)23(32)29-20(22(28)31)19(15-7-3-1-4-8-15)16-9-5-2-6-10-16/h1-14,19-21,30H,(H2,28,31)(H,29,32)/t20-,21+/m1/s1. The predicted molar refractivity (Wildman–Crippen MR) is 112 cm³/mol. The lowest BCUT2D eigenvalue weighted by molar-refractivity contribution is -0.137. The first kappa shape index (κ1) is 23.0. The van der Waals surface area contributed by atoms with Gasteiger partial charge in [0.05, 0.1) is 5.56 Å². The van der Waals surface area contributed by atoms with Gasteiger partial charge in [-0.3, -0.25) is 9.59 Å². The first-order chi connectivity index (χ1) is 15.2. The first-order valence-electron chi connectivity index (χ1n) is 9.73. The molecule has 2 atom stereocenters. The number of halogens is 3. The van der Waals surface area contributed by atoms with Gasteiger partial charge in [-0.25, -0.2) is 0 Å². The molecule has 5 nitrogen and oxygen atoms in total. The monoisotopic (exact) mass is 442 g/mol. The lowest BCUT2D eigenvalue weighted by Gasteiger charge is -2.27. The van der Waals surface area contributed by atoms with E-state index in [1.807, 2.05) is 0 Å². The zero-order chi connectivity index (χ0) is 23.3. The Morgan fingerprint density at radius 1 is 0.781 bits per heavy atom. The number of alkyl halides is 3. The van der Waals surface area contributed by atoms with Crippen LogP contribution in [-0.4, -0.2) is 23.0 Å². The molecule has 0 heterocycles. The largest absolute Gasteiger partial charge is 0.416 e. The highest BCUT2D eigenvalue weighted by Crippen LogP contribution is 2.31. The molecule has 0 spiro atoms. The summed E-state index contributed by atoms with van der Waals surface area (Å²) in [5.41, 5.74) is 6.08. The number of nitrogens with one attached hydrogen (secondary N) is 1.